The van der Waals surface area contributed by atoms with Crippen LogP contribution < -0.4 is 15.8 Å². The van der Waals surface area contributed by atoms with E-state index in [4.69, 9.17) is 5.73 Å². The zero-order valence-electron chi connectivity index (χ0n) is 9.93. The standard InChI is InChI=1S/C12H18F2N2O/c1-17-12-7-10(13)9(6-11(12)14)8-16-5-3-2-4-15/h6-7,16H,2-5,8,15H2,1H3. The van der Waals surface area contributed by atoms with E-state index in [0.29, 0.717) is 18.7 Å². The molecule has 3 nitrogen and oxygen atoms in total. The lowest BCUT2D eigenvalue weighted by molar-refractivity contribution is 0.381. The summed E-state index contributed by atoms with van der Waals surface area (Å²) in [6.45, 7) is 1.69. The van der Waals surface area contributed by atoms with E-state index in [1.807, 2.05) is 0 Å². The zero-order chi connectivity index (χ0) is 12.7. The van der Waals surface area contributed by atoms with Crippen LogP contribution in [0.3, 0.4) is 0 Å². The molecule has 0 bridgehead atoms. The van der Waals surface area contributed by atoms with Gasteiger partial charge < -0.3 is 15.8 Å². The van der Waals surface area contributed by atoms with Crippen molar-refractivity contribution in [3.63, 3.8) is 0 Å². The van der Waals surface area contributed by atoms with Gasteiger partial charge in [-0.15, -0.1) is 0 Å². The number of methoxy groups -OCH3 is 1. The van der Waals surface area contributed by atoms with Crippen molar-refractivity contribution in [3.05, 3.63) is 29.3 Å². The van der Waals surface area contributed by atoms with Crippen LogP contribution in [0.2, 0.25) is 0 Å². The zero-order valence-corrected chi connectivity index (χ0v) is 9.93. The first-order valence-electron chi connectivity index (χ1n) is 5.61. The van der Waals surface area contributed by atoms with Crippen LogP contribution in [0.25, 0.3) is 0 Å². The third-order valence-corrected chi connectivity index (χ3v) is 2.44. The van der Waals surface area contributed by atoms with Crippen LogP contribution in [0.4, 0.5) is 8.78 Å². The molecule has 0 radical (unpaired) electrons. The molecule has 0 saturated carbocycles. The van der Waals surface area contributed by atoms with Gasteiger partial charge in [-0.25, -0.2) is 8.78 Å². The topological polar surface area (TPSA) is 47.3 Å². The number of nitrogens with one attached hydrogen (secondary N) is 1. The molecule has 0 saturated heterocycles. The molecule has 96 valence electrons. The molecular formula is C12H18F2N2O. The van der Waals surface area contributed by atoms with Crippen molar-refractivity contribution < 1.29 is 13.5 Å². The van der Waals surface area contributed by atoms with E-state index in [9.17, 15) is 8.78 Å². The predicted octanol–water partition coefficient (Wildman–Crippen LogP) is 1.80. The Balaban J connectivity index is 2.51. The SMILES string of the molecule is COc1cc(F)c(CNCCCCN)cc1F. The van der Waals surface area contributed by atoms with E-state index in [1.165, 1.54) is 7.11 Å². The highest BCUT2D eigenvalue weighted by Gasteiger charge is 2.09. The fraction of sp³-hybridized carbons (Fsp3) is 0.500. The second-order valence-electron chi connectivity index (χ2n) is 3.75. The molecule has 0 unspecified atom stereocenters. The van der Waals surface area contributed by atoms with E-state index in [-0.39, 0.29) is 5.75 Å². The van der Waals surface area contributed by atoms with Gasteiger partial charge in [-0.2, -0.15) is 0 Å². The Bertz CT molecular complexity index is 359. The lowest BCUT2D eigenvalue weighted by Gasteiger charge is -2.08. The van der Waals surface area contributed by atoms with Crippen LogP contribution in [-0.4, -0.2) is 20.2 Å². The van der Waals surface area contributed by atoms with Gasteiger partial charge in [0.25, 0.3) is 0 Å². The van der Waals surface area contributed by atoms with Crippen molar-refractivity contribution in [2.75, 3.05) is 20.2 Å². The molecular weight excluding hydrogens is 226 g/mol. The van der Waals surface area contributed by atoms with Crippen LogP contribution >= 0.6 is 0 Å². The summed E-state index contributed by atoms with van der Waals surface area (Å²) in [4.78, 5) is 0. The molecule has 1 aromatic carbocycles. The quantitative estimate of drug-likeness (QED) is 0.719. The van der Waals surface area contributed by atoms with Crippen molar-refractivity contribution in [1.29, 1.82) is 0 Å². The molecule has 17 heavy (non-hydrogen) atoms. The van der Waals surface area contributed by atoms with Gasteiger partial charge in [0.15, 0.2) is 11.6 Å². The Hall–Kier alpha value is -1.20. The number of nitrogens with two attached hydrogens (primary N) is 1. The van der Waals surface area contributed by atoms with Crippen LogP contribution in [0.1, 0.15) is 18.4 Å². The molecule has 0 heterocycles. The summed E-state index contributed by atoms with van der Waals surface area (Å²) in [6.07, 6.45) is 1.85. The third-order valence-electron chi connectivity index (χ3n) is 2.44. The highest BCUT2D eigenvalue weighted by atomic mass is 19.1. The van der Waals surface area contributed by atoms with Crippen molar-refractivity contribution in [2.24, 2.45) is 5.73 Å². The van der Waals surface area contributed by atoms with Crippen molar-refractivity contribution in [3.8, 4) is 5.75 Å². The molecule has 0 atom stereocenters. The summed E-state index contributed by atoms with van der Waals surface area (Å²) >= 11 is 0. The molecule has 0 aliphatic carbocycles. The molecule has 5 heteroatoms. The first kappa shape index (κ1) is 13.9. The maximum Gasteiger partial charge on any atom is 0.165 e. The Morgan fingerprint density at radius 3 is 2.65 bits per heavy atom. The van der Waals surface area contributed by atoms with Gasteiger partial charge in [0.05, 0.1) is 7.11 Å². The number of halogens is 2. The largest absolute Gasteiger partial charge is 0.494 e. The monoisotopic (exact) mass is 244 g/mol. The second-order valence-corrected chi connectivity index (χ2v) is 3.75. The number of hydrogen-bond acceptors (Lipinski definition) is 3. The number of ether oxygens (including phenoxy) is 1. The van der Waals surface area contributed by atoms with Crippen LogP contribution in [0.5, 0.6) is 5.75 Å². The van der Waals surface area contributed by atoms with Crippen LogP contribution in [0, 0.1) is 11.6 Å². The Morgan fingerprint density at radius 1 is 1.24 bits per heavy atom. The average molecular weight is 244 g/mol. The third kappa shape index (κ3) is 4.28. The van der Waals surface area contributed by atoms with Crippen molar-refractivity contribution in [1.82, 2.24) is 5.32 Å². The minimum absolute atomic E-state index is 0.0746. The summed E-state index contributed by atoms with van der Waals surface area (Å²) in [5.74, 6) is -1.09. The molecule has 0 aromatic heterocycles. The molecule has 0 aliphatic heterocycles. The summed E-state index contributed by atoms with van der Waals surface area (Å²) in [6, 6.07) is 2.22. The van der Waals surface area contributed by atoms with E-state index in [0.717, 1.165) is 31.5 Å². The molecule has 0 amide bonds. The lowest BCUT2D eigenvalue weighted by atomic mass is 10.2. The summed E-state index contributed by atoms with van der Waals surface area (Å²) in [5, 5.41) is 3.04. The molecule has 0 fully saturated rings. The number of rotatable bonds is 7. The van der Waals surface area contributed by atoms with Crippen molar-refractivity contribution in [2.45, 2.75) is 19.4 Å². The first-order chi connectivity index (χ1) is 8.19. The smallest absolute Gasteiger partial charge is 0.165 e. The van der Waals surface area contributed by atoms with Crippen molar-refractivity contribution >= 4 is 0 Å². The normalized spacial score (nSPS) is 10.6. The fourth-order valence-corrected chi connectivity index (χ4v) is 1.48. The number of benzene rings is 1. The highest BCUT2D eigenvalue weighted by Crippen LogP contribution is 2.21. The molecule has 3 N–H and O–H groups in total. The van der Waals surface area contributed by atoms with Gasteiger partial charge >= 0.3 is 0 Å². The van der Waals surface area contributed by atoms with Crippen LogP contribution in [-0.2, 0) is 6.54 Å². The van der Waals surface area contributed by atoms with E-state index in [2.05, 4.69) is 10.1 Å². The second kappa shape index (κ2) is 7.19. The first-order valence-corrected chi connectivity index (χ1v) is 5.61. The van der Waals surface area contributed by atoms with Gasteiger partial charge in [-0.3, -0.25) is 0 Å². The van der Waals surface area contributed by atoms with E-state index in [1.54, 1.807) is 0 Å². The minimum atomic E-state index is -0.548. The van der Waals surface area contributed by atoms with Gasteiger partial charge in [0.1, 0.15) is 5.82 Å². The maximum atomic E-state index is 13.5. The molecule has 1 rings (SSSR count). The summed E-state index contributed by atoms with van der Waals surface area (Å²) in [5.41, 5.74) is 5.65. The van der Waals surface area contributed by atoms with Crippen LogP contribution in [0.15, 0.2) is 12.1 Å². The van der Waals surface area contributed by atoms with Gasteiger partial charge in [0.2, 0.25) is 0 Å². The molecule has 0 aliphatic rings. The van der Waals surface area contributed by atoms with E-state index < -0.39 is 11.6 Å². The van der Waals surface area contributed by atoms with Gasteiger partial charge in [0, 0.05) is 18.2 Å². The number of hydrogen-bond donors (Lipinski definition) is 2. The predicted molar refractivity (Wildman–Crippen MR) is 62.9 cm³/mol. The molecule has 1 aromatic rings. The fourth-order valence-electron chi connectivity index (χ4n) is 1.48. The summed E-state index contributed by atoms with van der Waals surface area (Å²) < 4.78 is 31.5. The Labute approximate surface area is 100.0 Å². The van der Waals surface area contributed by atoms with Gasteiger partial charge in [-0.1, -0.05) is 0 Å². The Kier molecular flexibility index (Phi) is 5.86. The lowest BCUT2D eigenvalue weighted by Crippen LogP contribution is -2.17. The number of unbranched alkanes of at least 4 members (excludes halogenated alkanes) is 1. The van der Waals surface area contributed by atoms with E-state index >= 15 is 0 Å². The maximum absolute atomic E-state index is 13.5. The minimum Gasteiger partial charge on any atom is -0.494 e. The van der Waals surface area contributed by atoms with Gasteiger partial charge in [-0.05, 0) is 32.0 Å². The Morgan fingerprint density at radius 2 is 2.00 bits per heavy atom. The highest BCUT2D eigenvalue weighted by molar-refractivity contribution is 5.30. The average Bonchev–Trinajstić information content (AvgIpc) is 2.32. The summed E-state index contributed by atoms with van der Waals surface area (Å²) in [7, 11) is 1.31. The molecule has 0 spiro atoms.